The topological polar surface area (TPSA) is 93.0 Å². The van der Waals surface area contributed by atoms with Crippen LogP contribution in [0.5, 0.6) is 5.75 Å². The van der Waals surface area contributed by atoms with E-state index in [0.29, 0.717) is 39.3 Å². The van der Waals surface area contributed by atoms with Crippen molar-refractivity contribution in [1.82, 2.24) is 10.2 Å². The Kier molecular flexibility index (Phi) is 4.82. The minimum absolute atomic E-state index is 0.0109. The molecule has 8 heteroatoms. The van der Waals surface area contributed by atoms with Crippen molar-refractivity contribution in [3.8, 4) is 5.75 Å². The fourth-order valence-corrected chi connectivity index (χ4v) is 2.90. The van der Waals surface area contributed by atoms with Gasteiger partial charge in [-0.05, 0) is 54.1 Å². The summed E-state index contributed by atoms with van der Waals surface area (Å²) in [6.45, 7) is -0.0109. The van der Waals surface area contributed by atoms with Gasteiger partial charge < -0.3 is 15.8 Å². The number of nitrogens with two attached hydrogens (primary N) is 1. The highest BCUT2D eigenvalue weighted by molar-refractivity contribution is 6.08. The summed E-state index contributed by atoms with van der Waals surface area (Å²) in [5, 5.41) is 10.3. The number of carbonyl (C=O) groups excluding carboxylic acids is 1. The van der Waals surface area contributed by atoms with E-state index >= 15 is 0 Å². The number of nitrogens with zero attached hydrogens (tertiary/aromatic N) is 1. The summed E-state index contributed by atoms with van der Waals surface area (Å²) in [7, 11) is 0. The van der Waals surface area contributed by atoms with E-state index in [-0.39, 0.29) is 12.5 Å². The number of amides is 1. The number of hydrogen-bond acceptors (Lipinski definition) is 4. The van der Waals surface area contributed by atoms with Crippen molar-refractivity contribution in [2.24, 2.45) is 0 Å². The summed E-state index contributed by atoms with van der Waals surface area (Å²) in [6, 6.07) is 14.9. The van der Waals surface area contributed by atoms with Gasteiger partial charge >= 0.3 is 0 Å². The lowest BCUT2D eigenvalue weighted by molar-refractivity contribution is 0.102. The van der Waals surface area contributed by atoms with Crippen LogP contribution >= 0.6 is 0 Å². The Morgan fingerprint density at radius 3 is 2.62 bits per heavy atom. The first-order valence-corrected chi connectivity index (χ1v) is 8.71. The molecule has 1 amide bonds. The number of carbonyl (C=O) groups is 1. The van der Waals surface area contributed by atoms with Crippen LogP contribution in [0.3, 0.4) is 0 Å². The molecule has 4 N–H and O–H groups in total. The second kappa shape index (κ2) is 7.59. The van der Waals surface area contributed by atoms with Crippen molar-refractivity contribution >= 4 is 28.3 Å². The molecule has 0 atom stereocenters. The van der Waals surface area contributed by atoms with Crippen LogP contribution in [0.1, 0.15) is 15.9 Å². The molecule has 3 aromatic carbocycles. The van der Waals surface area contributed by atoms with E-state index in [1.165, 1.54) is 12.1 Å². The van der Waals surface area contributed by atoms with Crippen molar-refractivity contribution in [3.05, 3.63) is 83.4 Å². The van der Waals surface area contributed by atoms with Crippen molar-refractivity contribution in [2.45, 2.75) is 6.61 Å². The number of hydrogen-bond donors (Lipinski definition) is 3. The molecule has 0 aliphatic heterocycles. The summed E-state index contributed by atoms with van der Waals surface area (Å²) in [6.07, 6.45) is 0. The number of anilines is 2. The second-order valence-corrected chi connectivity index (χ2v) is 6.43. The van der Waals surface area contributed by atoms with Crippen LogP contribution in [0.2, 0.25) is 0 Å². The summed E-state index contributed by atoms with van der Waals surface area (Å²) in [4.78, 5) is 12.4. The molecule has 0 fully saturated rings. The minimum atomic E-state index is -0.666. The number of aromatic amines is 1. The average Bonchev–Trinajstić information content (AvgIpc) is 3.08. The molecule has 0 aliphatic carbocycles. The molecule has 0 unspecified atom stereocenters. The van der Waals surface area contributed by atoms with Gasteiger partial charge in [-0.3, -0.25) is 9.89 Å². The number of benzene rings is 3. The van der Waals surface area contributed by atoms with Crippen LogP contribution in [0, 0.1) is 11.6 Å². The Balaban J connectivity index is 1.53. The van der Waals surface area contributed by atoms with E-state index in [1.807, 2.05) is 0 Å². The van der Waals surface area contributed by atoms with Gasteiger partial charge in [-0.1, -0.05) is 6.07 Å². The van der Waals surface area contributed by atoms with E-state index in [0.717, 1.165) is 6.07 Å². The molecule has 1 aromatic heterocycles. The van der Waals surface area contributed by atoms with Crippen LogP contribution in [0.15, 0.2) is 60.7 Å². The zero-order chi connectivity index (χ0) is 20.4. The van der Waals surface area contributed by atoms with Crippen LogP contribution in [0.4, 0.5) is 20.3 Å². The van der Waals surface area contributed by atoms with E-state index in [9.17, 15) is 13.6 Å². The van der Waals surface area contributed by atoms with Crippen LogP contribution in [0.25, 0.3) is 10.9 Å². The van der Waals surface area contributed by atoms with Crippen molar-refractivity contribution in [3.63, 3.8) is 0 Å². The third-order valence-corrected chi connectivity index (χ3v) is 4.24. The number of fused-ring (bicyclic) bond motifs is 1. The smallest absolute Gasteiger partial charge is 0.256 e. The van der Waals surface area contributed by atoms with Crippen molar-refractivity contribution in [1.29, 1.82) is 0 Å². The van der Waals surface area contributed by atoms with Gasteiger partial charge in [0.2, 0.25) is 0 Å². The quantitative estimate of drug-likeness (QED) is 0.441. The zero-order valence-corrected chi connectivity index (χ0v) is 15.1. The highest BCUT2D eigenvalue weighted by Crippen LogP contribution is 2.26. The molecular formula is C21H16F2N4O2. The zero-order valence-electron chi connectivity index (χ0n) is 15.1. The fraction of sp³-hybridized carbons (Fsp3) is 0.0476. The van der Waals surface area contributed by atoms with Gasteiger partial charge in [0.15, 0.2) is 5.82 Å². The second-order valence-electron chi connectivity index (χ2n) is 6.43. The van der Waals surface area contributed by atoms with E-state index in [2.05, 4.69) is 15.5 Å². The molecule has 4 rings (SSSR count). The number of nitrogens with one attached hydrogen (secondary N) is 2. The van der Waals surface area contributed by atoms with E-state index in [4.69, 9.17) is 10.5 Å². The number of nitrogen functional groups attached to an aromatic ring is 1. The largest absolute Gasteiger partial charge is 0.489 e. The Hall–Kier alpha value is -3.94. The first-order valence-electron chi connectivity index (χ1n) is 8.71. The molecule has 6 nitrogen and oxygen atoms in total. The lowest BCUT2D eigenvalue weighted by Gasteiger charge is -2.08. The highest BCUT2D eigenvalue weighted by Gasteiger charge is 2.12. The van der Waals surface area contributed by atoms with E-state index < -0.39 is 11.6 Å². The first kappa shape index (κ1) is 18.4. The summed E-state index contributed by atoms with van der Waals surface area (Å²) in [5.74, 6) is -0.897. The molecule has 0 saturated heterocycles. The summed E-state index contributed by atoms with van der Waals surface area (Å²) < 4.78 is 32.2. The first-order chi connectivity index (χ1) is 14.0. The van der Waals surface area contributed by atoms with Gasteiger partial charge in [-0.2, -0.15) is 5.10 Å². The third kappa shape index (κ3) is 4.16. The molecule has 146 valence electrons. The van der Waals surface area contributed by atoms with Gasteiger partial charge in [0, 0.05) is 22.7 Å². The fourth-order valence-electron chi connectivity index (χ4n) is 2.90. The normalized spacial score (nSPS) is 10.8. The average molecular weight is 394 g/mol. The van der Waals surface area contributed by atoms with Gasteiger partial charge in [0.25, 0.3) is 5.91 Å². The van der Waals surface area contributed by atoms with Gasteiger partial charge in [-0.15, -0.1) is 0 Å². The molecule has 0 aliphatic rings. The number of halogens is 2. The molecule has 0 spiro atoms. The van der Waals surface area contributed by atoms with Crippen LogP contribution < -0.4 is 15.8 Å². The molecule has 1 heterocycles. The number of ether oxygens (including phenoxy) is 1. The molecule has 0 radical (unpaired) electrons. The Labute approximate surface area is 164 Å². The Bertz CT molecular complexity index is 1190. The number of H-pyrrole nitrogens is 1. The predicted octanol–water partition coefficient (Wildman–Crippen LogP) is 4.25. The maximum atomic E-state index is 13.3. The molecule has 0 bridgehead atoms. The van der Waals surface area contributed by atoms with Crippen molar-refractivity contribution in [2.75, 3.05) is 11.1 Å². The summed E-state index contributed by atoms with van der Waals surface area (Å²) >= 11 is 0. The lowest BCUT2D eigenvalue weighted by atomic mass is 10.2. The Morgan fingerprint density at radius 2 is 1.86 bits per heavy atom. The highest BCUT2D eigenvalue weighted by atomic mass is 19.1. The standard InChI is InChI=1S/C21H16F2N4O2/c22-14-6-12(7-15(23)9-14)11-29-17-4-5-19-18(10-17)20(27-26-19)25-21(28)13-2-1-3-16(24)8-13/h1-10H,11,24H2,(H2,25,26,27,28). The number of aromatic nitrogens is 2. The van der Waals surface area contributed by atoms with E-state index in [1.54, 1.807) is 42.5 Å². The lowest BCUT2D eigenvalue weighted by Crippen LogP contribution is -2.12. The maximum Gasteiger partial charge on any atom is 0.256 e. The third-order valence-electron chi connectivity index (χ3n) is 4.24. The van der Waals surface area contributed by atoms with Crippen LogP contribution in [-0.2, 0) is 6.61 Å². The molecular weight excluding hydrogens is 378 g/mol. The molecule has 0 saturated carbocycles. The predicted molar refractivity (Wildman–Crippen MR) is 106 cm³/mol. The maximum absolute atomic E-state index is 13.3. The molecule has 4 aromatic rings. The summed E-state index contributed by atoms with van der Waals surface area (Å²) in [5.41, 5.74) is 7.66. The SMILES string of the molecule is Nc1cccc(C(=O)Nc2n[nH]c3ccc(OCc4cc(F)cc(F)c4)cc23)c1. The monoisotopic (exact) mass is 394 g/mol. The molecule has 29 heavy (non-hydrogen) atoms. The number of rotatable bonds is 5. The van der Waals surface area contributed by atoms with Crippen LogP contribution in [-0.4, -0.2) is 16.1 Å². The van der Waals surface area contributed by atoms with Crippen molar-refractivity contribution < 1.29 is 18.3 Å². The van der Waals surface area contributed by atoms with Gasteiger partial charge in [0.05, 0.1) is 5.52 Å². The van der Waals surface area contributed by atoms with Gasteiger partial charge in [-0.25, -0.2) is 8.78 Å². The minimum Gasteiger partial charge on any atom is -0.489 e. The Morgan fingerprint density at radius 1 is 1.07 bits per heavy atom. The van der Waals surface area contributed by atoms with Gasteiger partial charge in [0.1, 0.15) is 24.0 Å².